The molecular formula is C29H40BN5O5. The number of benzene rings is 1. The van der Waals surface area contributed by atoms with E-state index in [2.05, 4.69) is 32.7 Å². The summed E-state index contributed by atoms with van der Waals surface area (Å²) < 4.78 is 12.6. The largest absolute Gasteiger partial charge is 0.481 e. The lowest BCUT2D eigenvalue weighted by molar-refractivity contribution is -0.134. The molecule has 0 aliphatic carbocycles. The maximum atomic E-state index is 13.7. The summed E-state index contributed by atoms with van der Waals surface area (Å²) >= 11 is 0. The van der Waals surface area contributed by atoms with Gasteiger partial charge in [-0.25, -0.2) is 4.98 Å². The molecule has 10 nitrogen and oxygen atoms in total. The van der Waals surface area contributed by atoms with E-state index in [1.54, 1.807) is 4.90 Å². The summed E-state index contributed by atoms with van der Waals surface area (Å²) in [7, 11) is -0.685. The number of carbonyl (C=O) groups is 3. The molecule has 0 radical (unpaired) electrons. The van der Waals surface area contributed by atoms with Gasteiger partial charge in [0.25, 0.3) is 5.91 Å². The van der Waals surface area contributed by atoms with Gasteiger partial charge in [0.15, 0.2) is 0 Å². The van der Waals surface area contributed by atoms with Gasteiger partial charge in [0, 0.05) is 25.5 Å². The molecule has 11 heteroatoms. The SMILES string of the molecule is CC1(C)OB([C@H](CCCc2ccccc2)NC(=O)C(CC(=O)N2CCCC2)NC(=O)c2cnccn2)OC1(C)C. The molecule has 4 rings (SSSR count). The second-order valence-corrected chi connectivity index (χ2v) is 11.5. The molecule has 1 aromatic carbocycles. The van der Waals surface area contributed by atoms with Gasteiger partial charge >= 0.3 is 7.12 Å². The van der Waals surface area contributed by atoms with Crippen LogP contribution in [0, 0.1) is 0 Å². The Morgan fingerprint density at radius 1 is 1.00 bits per heavy atom. The van der Waals surface area contributed by atoms with E-state index >= 15 is 0 Å². The molecule has 214 valence electrons. The summed E-state index contributed by atoms with van der Waals surface area (Å²) in [5.41, 5.74) is 0.114. The number of aryl methyl sites for hydroxylation is 1. The van der Waals surface area contributed by atoms with Gasteiger partial charge in [-0.2, -0.15) is 0 Å². The molecule has 2 fully saturated rings. The van der Waals surface area contributed by atoms with Crippen molar-refractivity contribution in [1.29, 1.82) is 0 Å². The van der Waals surface area contributed by atoms with Gasteiger partial charge in [-0.3, -0.25) is 19.4 Å². The maximum absolute atomic E-state index is 13.7. The van der Waals surface area contributed by atoms with Crippen molar-refractivity contribution < 1.29 is 23.7 Å². The number of aromatic nitrogens is 2. The topological polar surface area (TPSA) is 123 Å². The third kappa shape index (κ3) is 7.45. The zero-order valence-corrected chi connectivity index (χ0v) is 23.9. The molecule has 2 aliphatic rings. The number of likely N-dealkylation sites (tertiary alicyclic amines) is 1. The van der Waals surface area contributed by atoms with E-state index in [1.165, 1.54) is 24.2 Å². The zero-order valence-electron chi connectivity index (χ0n) is 23.9. The summed E-state index contributed by atoms with van der Waals surface area (Å²) in [5.74, 6) is -1.70. The van der Waals surface area contributed by atoms with Crippen LogP contribution in [0.25, 0.3) is 0 Å². The van der Waals surface area contributed by atoms with Crippen molar-refractivity contribution in [1.82, 2.24) is 25.5 Å². The summed E-state index contributed by atoms with van der Waals surface area (Å²) in [6, 6.07) is 9.04. The van der Waals surface area contributed by atoms with Crippen LogP contribution in [0.4, 0.5) is 0 Å². The quantitative estimate of drug-likeness (QED) is 0.414. The predicted octanol–water partition coefficient (Wildman–Crippen LogP) is 2.73. The van der Waals surface area contributed by atoms with Crippen LogP contribution in [0.2, 0.25) is 0 Å². The first-order valence-electron chi connectivity index (χ1n) is 14.1. The third-order valence-electron chi connectivity index (χ3n) is 8.01. The second-order valence-electron chi connectivity index (χ2n) is 11.5. The Morgan fingerprint density at radius 3 is 2.30 bits per heavy atom. The van der Waals surface area contributed by atoms with Crippen molar-refractivity contribution in [3.05, 3.63) is 60.2 Å². The van der Waals surface area contributed by atoms with Crippen LogP contribution < -0.4 is 10.6 Å². The first kappa shape index (κ1) is 29.7. The van der Waals surface area contributed by atoms with Crippen molar-refractivity contribution in [3.8, 4) is 0 Å². The van der Waals surface area contributed by atoms with Crippen LogP contribution in [0.3, 0.4) is 0 Å². The van der Waals surface area contributed by atoms with E-state index in [0.29, 0.717) is 19.5 Å². The lowest BCUT2D eigenvalue weighted by atomic mass is 9.75. The van der Waals surface area contributed by atoms with E-state index in [0.717, 1.165) is 25.7 Å². The number of nitrogens with one attached hydrogen (secondary N) is 2. The average molecular weight is 549 g/mol. The van der Waals surface area contributed by atoms with Gasteiger partial charge in [0.05, 0.1) is 29.8 Å². The summed E-state index contributed by atoms with van der Waals surface area (Å²) in [6.07, 6.45) is 8.09. The summed E-state index contributed by atoms with van der Waals surface area (Å²) in [5, 5.41) is 5.78. The van der Waals surface area contributed by atoms with Gasteiger partial charge in [-0.05, 0) is 65.4 Å². The normalized spacial score (nSPS) is 19.2. The molecule has 0 spiro atoms. The Morgan fingerprint density at radius 2 is 1.68 bits per heavy atom. The Balaban J connectivity index is 1.50. The number of amides is 3. The van der Waals surface area contributed by atoms with Gasteiger partial charge < -0.3 is 24.8 Å². The molecule has 0 bridgehead atoms. The van der Waals surface area contributed by atoms with Crippen molar-refractivity contribution in [2.45, 2.75) is 89.4 Å². The third-order valence-corrected chi connectivity index (χ3v) is 8.01. The molecule has 1 unspecified atom stereocenters. The number of rotatable bonds is 11. The number of nitrogens with zero attached hydrogens (tertiary/aromatic N) is 3. The van der Waals surface area contributed by atoms with Crippen LogP contribution >= 0.6 is 0 Å². The monoisotopic (exact) mass is 549 g/mol. The van der Waals surface area contributed by atoms with Crippen molar-refractivity contribution in [3.63, 3.8) is 0 Å². The molecule has 0 saturated carbocycles. The molecule has 1 aromatic heterocycles. The highest BCUT2D eigenvalue weighted by Gasteiger charge is 2.54. The average Bonchev–Trinajstić information content (AvgIpc) is 3.54. The highest BCUT2D eigenvalue weighted by Crippen LogP contribution is 2.38. The van der Waals surface area contributed by atoms with E-state index in [1.807, 2.05) is 45.9 Å². The van der Waals surface area contributed by atoms with E-state index in [9.17, 15) is 14.4 Å². The fraction of sp³-hybridized carbons (Fsp3) is 0.552. The number of carbonyl (C=O) groups excluding carboxylic acids is 3. The molecule has 2 aromatic rings. The minimum atomic E-state index is -1.10. The van der Waals surface area contributed by atoms with Crippen LogP contribution in [0.5, 0.6) is 0 Å². The molecule has 2 aliphatic heterocycles. The molecular weight excluding hydrogens is 509 g/mol. The lowest BCUT2D eigenvalue weighted by Gasteiger charge is -2.32. The maximum Gasteiger partial charge on any atom is 0.481 e. The molecule has 2 atom stereocenters. The Hall–Kier alpha value is -3.31. The fourth-order valence-electron chi connectivity index (χ4n) is 4.91. The smallest absolute Gasteiger partial charge is 0.402 e. The fourth-order valence-corrected chi connectivity index (χ4v) is 4.91. The summed E-state index contributed by atoms with van der Waals surface area (Å²) in [4.78, 5) is 49.4. The van der Waals surface area contributed by atoms with Crippen molar-refractivity contribution >= 4 is 24.8 Å². The van der Waals surface area contributed by atoms with Crippen LogP contribution in [0.15, 0.2) is 48.9 Å². The molecule has 40 heavy (non-hydrogen) atoms. The Kier molecular flexibility index (Phi) is 9.58. The van der Waals surface area contributed by atoms with E-state index < -0.39 is 42.1 Å². The van der Waals surface area contributed by atoms with Crippen LogP contribution in [-0.2, 0) is 25.3 Å². The number of hydrogen-bond acceptors (Lipinski definition) is 7. The number of hydrogen-bond donors (Lipinski definition) is 2. The van der Waals surface area contributed by atoms with E-state index in [4.69, 9.17) is 9.31 Å². The van der Waals surface area contributed by atoms with Crippen LogP contribution in [0.1, 0.15) is 75.9 Å². The van der Waals surface area contributed by atoms with Gasteiger partial charge in [-0.15, -0.1) is 0 Å². The first-order valence-corrected chi connectivity index (χ1v) is 14.1. The Bertz CT molecular complexity index is 1140. The van der Waals surface area contributed by atoms with Crippen molar-refractivity contribution in [2.75, 3.05) is 13.1 Å². The zero-order chi connectivity index (χ0) is 28.8. The van der Waals surface area contributed by atoms with Gasteiger partial charge in [-0.1, -0.05) is 30.3 Å². The van der Waals surface area contributed by atoms with Gasteiger partial charge in [0.2, 0.25) is 11.8 Å². The highest BCUT2D eigenvalue weighted by molar-refractivity contribution is 6.48. The molecule has 2 saturated heterocycles. The minimum absolute atomic E-state index is 0.0688. The lowest BCUT2D eigenvalue weighted by Crippen LogP contribution is -2.55. The van der Waals surface area contributed by atoms with Crippen molar-refractivity contribution in [2.24, 2.45) is 0 Å². The predicted molar refractivity (Wildman–Crippen MR) is 151 cm³/mol. The first-order chi connectivity index (χ1) is 19.1. The van der Waals surface area contributed by atoms with Gasteiger partial charge in [0.1, 0.15) is 11.7 Å². The molecule has 3 amide bonds. The minimum Gasteiger partial charge on any atom is -0.402 e. The highest BCUT2D eigenvalue weighted by atomic mass is 16.7. The second kappa shape index (κ2) is 12.9. The van der Waals surface area contributed by atoms with E-state index in [-0.39, 0.29) is 18.0 Å². The summed E-state index contributed by atoms with van der Waals surface area (Å²) in [6.45, 7) is 9.18. The molecule has 2 N–H and O–H groups in total. The van der Waals surface area contributed by atoms with Crippen LogP contribution in [-0.4, -0.2) is 76.0 Å². The standard InChI is InChI=1S/C29H40BN5O5/c1-28(2)29(3,4)40-30(39-28)24(14-10-13-21-11-6-5-7-12-21)34-26(37)22(19-25(36)35-17-8-9-18-35)33-27(38)23-20-31-15-16-32-23/h5-7,11-12,15-16,20,22,24H,8-10,13-14,17-19H2,1-4H3,(H,33,38)(H,34,37)/t22?,24-/m0/s1. The Labute approximate surface area is 236 Å². The molecule has 3 heterocycles.